The zero-order chi connectivity index (χ0) is 15.5. The second kappa shape index (κ2) is 6.19. The molecule has 0 heterocycles. The SMILES string of the molecule is CCc1ccc(-c2ccc(-c3ccc(C)cc3C)cc2)cc1. The molecular formula is C22H22. The van der Waals surface area contributed by atoms with E-state index >= 15 is 0 Å². The lowest BCUT2D eigenvalue weighted by molar-refractivity contribution is 1.14. The second-order valence-corrected chi connectivity index (χ2v) is 5.95. The molecule has 0 aliphatic carbocycles. The van der Waals surface area contributed by atoms with Gasteiger partial charge in [-0.15, -0.1) is 0 Å². The largest absolute Gasteiger partial charge is 0.0613 e. The molecule has 0 saturated carbocycles. The van der Waals surface area contributed by atoms with Crippen molar-refractivity contribution in [3.8, 4) is 22.3 Å². The molecule has 0 aliphatic rings. The van der Waals surface area contributed by atoms with E-state index in [1.807, 2.05) is 0 Å². The fraction of sp³-hybridized carbons (Fsp3) is 0.182. The van der Waals surface area contributed by atoms with Crippen molar-refractivity contribution in [2.45, 2.75) is 27.2 Å². The number of aryl methyl sites for hydroxylation is 3. The predicted molar refractivity (Wildman–Crippen MR) is 96.2 cm³/mol. The minimum atomic E-state index is 1.09. The van der Waals surface area contributed by atoms with Crippen LogP contribution in [0.3, 0.4) is 0 Å². The zero-order valence-corrected chi connectivity index (χ0v) is 13.6. The summed E-state index contributed by atoms with van der Waals surface area (Å²) in [5.41, 5.74) is 9.19. The first-order valence-electron chi connectivity index (χ1n) is 7.94. The molecule has 0 N–H and O–H groups in total. The maximum Gasteiger partial charge on any atom is -0.0155 e. The van der Waals surface area contributed by atoms with Crippen LogP contribution >= 0.6 is 0 Å². The predicted octanol–water partition coefficient (Wildman–Crippen LogP) is 6.20. The van der Waals surface area contributed by atoms with E-state index in [0.29, 0.717) is 0 Å². The van der Waals surface area contributed by atoms with Crippen molar-refractivity contribution < 1.29 is 0 Å². The first-order valence-corrected chi connectivity index (χ1v) is 7.94. The number of benzene rings is 3. The lowest BCUT2D eigenvalue weighted by Crippen LogP contribution is -1.86. The summed E-state index contributed by atoms with van der Waals surface area (Å²) in [6, 6.07) is 24.4. The van der Waals surface area contributed by atoms with Crippen LogP contribution in [0, 0.1) is 13.8 Å². The maximum absolute atomic E-state index is 2.24. The van der Waals surface area contributed by atoms with Crippen LogP contribution < -0.4 is 0 Å². The first kappa shape index (κ1) is 14.6. The molecule has 3 aromatic carbocycles. The normalized spacial score (nSPS) is 10.7. The number of hydrogen-bond acceptors (Lipinski definition) is 0. The van der Waals surface area contributed by atoms with Crippen LogP contribution in [0.1, 0.15) is 23.6 Å². The average Bonchev–Trinajstić information content (AvgIpc) is 2.55. The Morgan fingerprint density at radius 1 is 0.636 bits per heavy atom. The minimum Gasteiger partial charge on any atom is -0.0613 e. The molecule has 110 valence electrons. The van der Waals surface area contributed by atoms with E-state index in [2.05, 4.69) is 87.5 Å². The molecule has 0 radical (unpaired) electrons. The Labute approximate surface area is 133 Å². The van der Waals surface area contributed by atoms with Gasteiger partial charge in [-0.05, 0) is 53.6 Å². The highest BCUT2D eigenvalue weighted by atomic mass is 14.1. The lowest BCUT2D eigenvalue weighted by atomic mass is 9.96. The molecular weight excluding hydrogens is 264 g/mol. The summed E-state index contributed by atoms with van der Waals surface area (Å²) in [6.45, 7) is 6.51. The third-order valence-electron chi connectivity index (χ3n) is 4.27. The number of rotatable bonds is 3. The van der Waals surface area contributed by atoms with Crippen molar-refractivity contribution in [1.29, 1.82) is 0 Å². The Kier molecular flexibility index (Phi) is 4.11. The van der Waals surface area contributed by atoms with Gasteiger partial charge in [-0.3, -0.25) is 0 Å². The van der Waals surface area contributed by atoms with Crippen LogP contribution in [-0.2, 0) is 6.42 Å². The van der Waals surface area contributed by atoms with Crippen LogP contribution in [-0.4, -0.2) is 0 Å². The molecule has 3 aromatic rings. The van der Waals surface area contributed by atoms with Crippen LogP contribution in [0.4, 0.5) is 0 Å². The molecule has 0 bridgehead atoms. The van der Waals surface area contributed by atoms with E-state index in [0.717, 1.165) is 6.42 Å². The summed E-state index contributed by atoms with van der Waals surface area (Å²) in [5.74, 6) is 0. The molecule has 0 aromatic heterocycles. The summed E-state index contributed by atoms with van der Waals surface area (Å²) in [7, 11) is 0. The Morgan fingerprint density at radius 3 is 1.73 bits per heavy atom. The Bertz CT molecular complexity index is 762. The van der Waals surface area contributed by atoms with Gasteiger partial charge in [0.1, 0.15) is 0 Å². The molecule has 0 atom stereocenters. The molecule has 0 unspecified atom stereocenters. The molecule has 0 heteroatoms. The molecule has 0 saturated heterocycles. The van der Waals surface area contributed by atoms with E-state index < -0.39 is 0 Å². The highest BCUT2D eigenvalue weighted by Crippen LogP contribution is 2.27. The van der Waals surface area contributed by atoms with Gasteiger partial charge in [0.25, 0.3) is 0 Å². The van der Waals surface area contributed by atoms with Crippen molar-refractivity contribution in [2.24, 2.45) is 0 Å². The van der Waals surface area contributed by atoms with Gasteiger partial charge < -0.3 is 0 Å². The monoisotopic (exact) mass is 286 g/mol. The third-order valence-corrected chi connectivity index (χ3v) is 4.27. The highest BCUT2D eigenvalue weighted by Gasteiger charge is 2.03. The highest BCUT2D eigenvalue weighted by molar-refractivity contribution is 5.72. The standard InChI is InChI=1S/C22H22/c1-4-18-6-8-19(9-7-18)20-10-12-21(13-11-20)22-14-5-16(2)15-17(22)3/h5-15H,4H2,1-3H3. The van der Waals surface area contributed by atoms with Crippen molar-refractivity contribution >= 4 is 0 Å². The maximum atomic E-state index is 2.24. The van der Waals surface area contributed by atoms with Crippen LogP contribution in [0.5, 0.6) is 0 Å². The second-order valence-electron chi connectivity index (χ2n) is 5.95. The zero-order valence-electron chi connectivity index (χ0n) is 13.6. The van der Waals surface area contributed by atoms with E-state index in [9.17, 15) is 0 Å². The van der Waals surface area contributed by atoms with E-state index in [-0.39, 0.29) is 0 Å². The Hall–Kier alpha value is -2.34. The molecule has 3 rings (SSSR count). The topological polar surface area (TPSA) is 0 Å². The first-order chi connectivity index (χ1) is 10.7. The van der Waals surface area contributed by atoms with Crippen LogP contribution in [0.2, 0.25) is 0 Å². The Balaban J connectivity index is 1.91. The summed E-state index contributed by atoms with van der Waals surface area (Å²) in [4.78, 5) is 0. The third kappa shape index (κ3) is 2.96. The van der Waals surface area contributed by atoms with Crippen molar-refractivity contribution in [3.63, 3.8) is 0 Å². The van der Waals surface area contributed by atoms with Gasteiger partial charge in [-0.25, -0.2) is 0 Å². The summed E-state index contributed by atoms with van der Waals surface area (Å²) in [5, 5.41) is 0. The van der Waals surface area contributed by atoms with E-state index in [1.165, 1.54) is 38.9 Å². The summed E-state index contributed by atoms with van der Waals surface area (Å²) >= 11 is 0. The van der Waals surface area contributed by atoms with Crippen molar-refractivity contribution in [3.05, 3.63) is 83.4 Å². The quantitative estimate of drug-likeness (QED) is 0.537. The smallest absolute Gasteiger partial charge is 0.0155 e. The van der Waals surface area contributed by atoms with Crippen molar-refractivity contribution in [1.82, 2.24) is 0 Å². The minimum absolute atomic E-state index is 1.09. The molecule has 0 aliphatic heterocycles. The average molecular weight is 286 g/mol. The molecule has 0 spiro atoms. The van der Waals surface area contributed by atoms with Crippen LogP contribution in [0.15, 0.2) is 66.7 Å². The van der Waals surface area contributed by atoms with Gasteiger partial charge in [-0.1, -0.05) is 79.2 Å². The Morgan fingerprint density at radius 2 is 1.18 bits per heavy atom. The van der Waals surface area contributed by atoms with Gasteiger partial charge in [0.2, 0.25) is 0 Å². The van der Waals surface area contributed by atoms with Gasteiger partial charge >= 0.3 is 0 Å². The van der Waals surface area contributed by atoms with Gasteiger partial charge in [0.15, 0.2) is 0 Å². The van der Waals surface area contributed by atoms with Gasteiger partial charge in [0, 0.05) is 0 Å². The molecule has 0 amide bonds. The molecule has 0 nitrogen and oxygen atoms in total. The fourth-order valence-electron chi connectivity index (χ4n) is 2.91. The number of hydrogen-bond donors (Lipinski definition) is 0. The van der Waals surface area contributed by atoms with Gasteiger partial charge in [0.05, 0.1) is 0 Å². The lowest BCUT2D eigenvalue weighted by Gasteiger charge is -2.09. The molecule has 0 fully saturated rings. The van der Waals surface area contributed by atoms with E-state index in [1.54, 1.807) is 0 Å². The summed E-state index contributed by atoms with van der Waals surface area (Å²) < 4.78 is 0. The van der Waals surface area contributed by atoms with Gasteiger partial charge in [-0.2, -0.15) is 0 Å². The van der Waals surface area contributed by atoms with Crippen LogP contribution in [0.25, 0.3) is 22.3 Å². The van der Waals surface area contributed by atoms with Crippen molar-refractivity contribution in [2.75, 3.05) is 0 Å². The fourth-order valence-corrected chi connectivity index (χ4v) is 2.91. The molecule has 22 heavy (non-hydrogen) atoms. The van der Waals surface area contributed by atoms with E-state index in [4.69, 9.17) is 0 Å². The summed E-state index contributed by atoms with van der Waals surface area (Å²) in [6.07, 6.45) is 1.09.